The lowest BCUT2D eigenvalue weighted by Gasteiger charge is -2.10. The van der Waals surface area contributed by atoms with Gasteiger partial charge in [-0.3, -0.25) is 4.79 Å². The van der Waals surface area contributed by atoms with Crippen LogP contribution >= 0.6 is 27.5 Å². The predicted molar refractivity (Wildman–Crippen MR) is 83.9 cm³/mol. The fraction of sp³-hybridized carbons (Fsp3) is 0.267. The third kappa shape index (κ3) is 3.71. The molecule has 1 unspecified atom stereocenters. The summed E-state index contributed by atoms with van der Waals surface area (Å²) >= 11 is 9.16. The van der Waals surface area contributed by atoms with Crippen molar-refractivity contribution in [1.82, 2.24) is 5.32 Å². The van der Waals surface area contributed by atoms with E-state index in [2.05, 4.69) is 21.2 Å². The summed E-state index contributed by atoms with van der Waals surface area (Å²) in [5.41, 5.74) is 0.677. The van der Waals surface area contributed by atoms with Gasteiger partial charge in [0.05, 0.1) is 0 Å². The van der Waals surface area contributed by atoms with Crippen LogP contribution in [-0.2, 0) is 0 Å². The average molecular weight is 341 g/mol. The molecule has 4 heteroatoms. The molecule has 100 valence electrons. The lowest BCUT2D eigenvalue weighted by molar-refractivity contribution is 0.0949. The van der Waals surface area contributed by atoms with Crippen molar-refractivity contribution < 1.29 is 4.79 Å². The van der Waals surface area contributed by atoms with Crippen LogP contribution in [0.15, 0.2) is 40.9 Å². The van der Waals surface area contributed by atoms with E-state index in [0.717, 1.165) is 15.2 Å². The van der Waals surface area contributed by atoms with Crippen LogP contribution in [0.4, 0.5) is 0 Å². The smallest absolute Gasteiger partial charge is 0.251 e. The maximum absolute atomic E-state index is 12.0. The van der Waals surface area contributed by atoms with Gasteiger partial charge in [0, 0.05) is 22.5 Å². The van der Waals surface area contributed by atoms with Crippen molar-refractivity contribution in [1.29, 1.82) is 0 Å². The van der Waals surface area contributed by atoms with E-state index in [1.54, 1.807) is 0 Å². The Morgan fingerprint density at radius 2 is 1.95 bits per heavy atom. The number of halogens is 2. The Balaban J connectivity index is 2.16. The summed E-state index contributed by atoms with van der Waals surface area (Å²) in [4.78, 5) is 12.0. The van der Waals surface area contributed by atoms with Gasteiger partial charge in [-0.05, 0) is 41.0 Å². The van der Waals surface area contributed by atoms with Crippen LogP contribution in [0.1, 0.15) is 17.3 Å². The number of benzene rings is 2. The van der Waals surface area contributed by atoms with Crippen LogP contribution in [0.5, 0.6) is 0 Å². The summed E-state index contributed by atoms with van der Waals surface area (Å²) in [5, 5.41) is 5.06. The van der Waals surface area contributed by atoms with Gasteiger partial charge >= 0.3 is 0 Å². The molecule has 0 aliphatic rings. The fourth-order valence-electron chi connectivity index (χ4n) is 1.78. The van der Waals surface area contributed by atoms with E-state index in [4.69, 9.17) is 11.6 Å². The topological polar surface area (TPSA) is 29.1 Å². The Morgan fingerprint density at radius 3 is 2.68 bits per heavy atom. The number of carbonyl (C=O) groups is 1. The van der Waals surface area contributed by atoms with E-state index >= 15 is 0 Å². The molecule has 0 aromatic heterocycles. The van der Waals surface area contributed by atoms with Crippen LogP contribution in [0, 0.1) is 5.92 Å². The molecule has 0 radical (unpaired) electrons. The van der Waals surface area contributed by atoms with E-state index in [-0.39, 0.29) is 11.8 Å². The van der Waals surface area contributed by atoms with Gasteiger partial charge in [-0.2, -0.15) is 0 Å². The molecule has 0 spiro atoms. The monoisotopic (exact) mass is 339 g/mol. The summed E-state index contributed by atoms with van der Waals surface area (Å²) in [6.07, 6.45) is 0. The van der Waals surface area contributed by atoms with E-state index in [9.17, 15) is 4.79 Å². The quantitative estimate of drug-likeness (QED) is 0.830. The summed E-state index contributed by atoms with van der Waals surface area (Å²) in [7, 11) is 0. The first-order chi connectivity index (χ1) is 9.10. The molecule has 0 saturated carbocycles. The Bertz CT molecular complexity index is 600. The first-order valence-electron chi connectivity index (χ1n) is 6.13. The van der Waals surface area contributed by atoms with Crippen molar-refractivity contribution in [3.8, 4) is 0 Å². The molecule has 2 aromatic carbocycles. The highest BCUT2D eigenvalue weighted by Crippen LogP contribution is 2.20. The molecule has 0 fully saturated rings. The van der Waals surface area contributed by atoms with Gasteiger partial charge in [-0.1, -0.05) is 35.0 Å². The zero-order valence-electron chi connectivity index (χ0n) is 10.6. The minimum atomic E-state index is -0.0539. The molecule has 0 aliphatic carbocycles. The number of fused-ring (bicyclic) bond motifs is 1. The van der Waals surface area contributed by atoms with Crippen LogP contribution in [-0.4, -0.2) is 18.3 Å². The Hall–Kier alpha value is -1.06. The third-order valence-electron chi connectivity index (χ3n) is 2.94. The van der Waals surface area contributed by atoms with E-state index in [0.29, 0.717) is 18.0 Å². The first-order valence-corrected chi connectivity index (χ1v) is 7.46. The number of nitrogens with one attached hydrogen (secondary N) is 1. The van der Waals surface area contributed by atoms with Crippen molar-refractivity contribution in [2.75, 3.05) is 12.4 Å². The zero-order chi connectivity index (χ0) is 13.8. The van der Waals surface area contributed by atoms with E-state index < -0.39 is 0 Å². The largest absolute Gasteiger partial charge is 0.352 e. The normalized spacial score (nSPS) is 12.4. The average Bonchev–Trinajstić information content (AvgIpc) is 2.43. The van der Waals surface area contributed by atoms with Crippen molar-refractivity contribution in [2.24, 2.45) is 5.92 Å². The molecule has 1 N–H and O–H groups in total. The molecular weight excluding hydrogens is 326 g/mol. The summed E-state index contributed by atoms with van der Waals surface area (Å²) < 4.78 is 1.04. The predicted octanol–water partition coefficient (Wildman–Crippen LogP) is 4.21. The van der Waals surface area contributed by atoms with Gasteiger partial charge in [-0.15, -0.1) is 11.6 Å². The van der Waals surface area contributed by atoms with Crippen molar-refractivity contribution in [2.45, 2.75) is 6.92 Å². The number of rotatable bonds is 4. The van der Waals surface area contributed by atoms with Gasteiger partial charge in [0.1, 0.15) is 0 Å². The molecule has 0 bridgehead atoms. The molecule has 0 saturated heterocycles. The second kappa shape index (κ2) is 6.40. The van der Waals surface area contributed by atoms with Crippen molar-refractivity contribution in [3.63, 3.8) is 0 Å². The highest BCUT2D eigenvalue weighted by molar-refractivity contribution is 9.10. The molecular formula is C15H15BrClNO. The maximum Gasteiger partial charge on any atom is 0.251 e. The lowest BCUT2D eigenvalue weighted by atomic mass is 10.1. The number of hydrogen-bond acceptors (Lipinski definition) is 1. The molecule has 1 atom stereocenters. The SMILES string of the molecule is CC(CCl)CNC(=O)c1ccc2cc(Br)ccc2c1. The highest BCUT2D eigenvalue weighted by Gasteiger charge is 2.08. The van der Waals surface area contributed by atoms with E-state index in [1.165, 1.54) is 0 Å². The van der Waals surface area contributed by atoms with Crippen molar-refractivity contribution >= 4 is 44.2 Å². The van der Waals surface area contributed by atoms with Gasteiger partial charge < -0.3 is 5.32 Å². The standard InChI is InChI=1S/C15H15BrClNO/c1-10(8-17)9-18-15(19)13-3-2-12-7-14(16)5-4-11(12)6-13/h2-7,10H,8-9H2,1H3,(H,18,19). The third-order valence-corrected chi connectivity index (χ3v) is 3.96. The second-order valence-electron chi connectivity index (χ2n) is 4.68. The van der Waals surface area contributed by atoms with Gasteiger partial charge in [0.15, 0.2) is 0 Å². The minimum Gasteiger partial charge on any atom is -0.352 e. The zero-order valence-corrected chi connectivity index (χ0v) is 13.0. The molecule has 19 heavy (non-hydrogen) atoms. The number of hydrogen-bond donors (Lipinski definition) is 1. The molecule has 0 heterocycles. The van der Waals surface area contributed by atoms with Crippen LogP contribution in [0.3, 0.4) is 0 Å². The fourth-order valence-corrected chi connectivity index (χ4v) is 2.27. The molecule has 1 amide bonds. The molecule has 0 aliphatic heterocycles. The summed E-state index contributed by atoms with van der Waals surface area (Å²) in [5.74, 6) is 0.773. The molecule has 2 nitrogen and oxygen atoms in total. The minimum absolute atomic E-state index is 0.0539. The number of alkyl halides is 1. The Labute approximate surface area is 126 Å². The van der Waals surface area contributed by atoms with Crippen LogP contribution in [0.25, 0.3) is 10.8 Å². The van der Waals surface area contributed by atoms with Crippen LogP contribution in [0.2, 0.25) is 0 Å². The Morgan fingerprint density at radius 1 is 1.26 bits per heavy atom. The Kier molecular flexibility index (Phi) is 4.83. The van der Waals surface area contributed by atoms with Crippen LogP contribution < -0.4 is 5.32 Å². The number of amides is 1. The maximum atomic E-state index is 12.0. The first kappa shape index (κ1) is 14.4. The highest BCUT2D eigenvalue weighted by atomic mass is 79.9. The summed E-state index contributed by atoms with van der Waals surface area (Å²) in [6, 6.07) is 11.7. The lowest BCUT2D eigenvalue weighted by Crippen LogP contribution is -2.28. The molecule has 2 aromatic rings. The van der Waals surface area contributed by atoms with Gasteiger partial charge in [-0.25, -0.2) is 0 Å². The van der Waals surface area contributed by atoms with Gasteiger partial charge in [0.25, 0.3) is 5.91 Å². The van der Waals surface area contributed by atoms with Gasteiger partial charge in [0.2, 0.25) is 0 Å². The van der Waals surface area contributed by atoms with Crippen molar-refractivity contribution in [3.05, 3.63) is 46.4 Å². The van der Waals surface area contributed by atoms with E-state index in [1.807, 2.05) is 43.3 Å². The summed E-state index contributed by atoms with van der Waals surface area (Å²) in [6.45, 7) is 2.60. The second-order valence-corrected chi connectivity index (χ2v) is 5.90. The molecule has 2 rings (SSSR count). The number of carbonyl (C=O) groups excluding carboxylic acids is 1.